The van der Waals surface area contributed by atoms with Crippen molar-refractivity contribution in [1.82, 2.24) is 9.21 Å². The molecule has 2 N–H and O–H groups in total. The van der Waals surface area contributed by atoms with Gasteiger partial charge in [0.25, 0.3) is 0 Å². The lowest BCUT2D eigenvalue weighted by Crippen LogP contribution is -2.48. The third kappa shape index (κ3) is 4.54. The van der Waals surface area contributed by atoms with Crippen molar-refractivity contribution in [3.8, 4) is 0 Å². The van der Waals surface area contributed by atoms with Gasteiger partial charge in [0.05, 0.1) is 5.75 Å². The first-order valence-corrected chi connectivity index (χ1v) is 7.92. The van der Waals surface area contributed by atoms with Gasteiger partial charge in [0.15, 0.2) is 0 Å². The summed E-state index contributed by atoms with van der Waals surface area (Å²) in [5.74, 6) is 0.240. The van der Waals surface area contributed by atoms with E-state index in [1.807, 2.05) is 14.1 Å². The van der Waals surface area contributed by atoms with Crippen LogP contribution < -0.4 is 5.73 Å². The fourth-order valence-corrected chi connectivity index (χ4v) is 3.79. The third-order valence-corrected chi connectivity index (χ3v) is 5.26. The van der Waals surface area contributed by atoms with E-state index in [0.29, 0.717) is 32.1 Å². The zero-order valence-corrected chi connectivity index (χ0v) is 11.7. The highest BCUT2D eigenvalue weighted by molar-refractivity contribution is 7.89. The number of sulfonamides is 1. The van der Waals surface area contributed by atoms with Crippen LogP contribution in [-0.2, 0) is 10.0 Å². The second-order valence-corrected chi connectivity index (χ2v) is 7.02. The lowest BCUT2D eigenvalue weighted by molar-refractivity contribution is 0.190. The number of nitrogens with zero attached hydrogens (tertiary/aromatic N) is 2. The van der Waals surface area contributed by atoms with Crippen LogP contribution in [0.4, 0.5) is 0 Å². The van der Waals surface area contributed by atoms with E-state index in [0.717, 1.165) is 19.3 Å². The Morgan fingerprint density at radius 2 is 2.06 bits per heavy atom. The van der Waals surface area contributed by atoms with Gasteiger partial charge in [0, 0.05) is 19.1 Å². The van der Waals surface area contributed by atoms with Gasteiger partial charge in [-0.15, -0.1) is 0 Å². The molecule has 1 heterocycles. The summed E-state index contributed by atoms with van der Waals surface area (Å²) in [6, 6.07) is 0.355. The van der Waals surface area contributed by atoms with Crippen LogP contribution in [0.2, 0.25) is 0 Å². The molecule has 1 unspecified atom stereocenters. The number of piperidine rings is 1. The Kier molecular flexibility index (Phi) is 5.85. The average molecular weight is 263 g/mol. The zero-order chi connectivity index (χ0) is 12.9. The molecule has 0 aromatic rings. The van der Waals surface area contributed by atoms with Crippen LogP contribution in [0, 0.1) is 0 Å². The van der Waals surface area contributed by atoms with Crippen LogP contribution in [0.1, 0.15) is 25.7 Å². The van der Waals surface area contributed by atoms with Crippen molar-refractivity contribution in [3.63, 3.8) is 0 Å². The molecule has 0 bridgehead atoms. The number of nitrogens with two attached hydrogens (primary N) is 1. The standard InChI is InChI=1S/C11H25N3O2S/c1-13(2)11-6-5-8-14(10-11)17(15,16)9-4-3-7-12/h11H,3-10,12H2,1-2H3. The Bertz CT molecular complexity index is 317. The van der Waals surface area contributed by atoms with E-state index < -0.39 is 10.0 Å². The monoisotopic (exact) mass is 263 g/mol. The molecule has 102 valence electrons. The molecule has 0 radical (unpaired) electrons. The van der Waals surface area contributed by atoms with E-state index in [1.54, 1.807) is 4.31 Å². The summed E-state index contributed by atoms with van der Waals surface area (Å²) in [4.78, 5) is 2.11. The highest BCUT2D eigenvalue weighted by Gasteiger charge is 2.29. The Hall–Kier alpha value is -0.170. The lowest BCUT2D eigenvalue weighted by Gasteiger charge is -2.35. The molecule has 1 saturated heterocycles. The molecule has 1 fully saturated rings. The van der Waals surface area contributed by atoms with E-state index in [4.69, 9.17) is 5.73 Å². The summed E-state index contributed by atoms with van der Waals surface area (Å²) in [7, 11) is 0.947. The molecule has 0 amide bonds. The predicted molar refractivity (Wildman–Crippen MR) is 70.4 cm³/mol. The van der Waals surface area contributed by atoms with Crippen molar-refractivity contribution in [2.45, 2.75) is 31.7 Å². The molecule has 0 saturated carbocycles. The van der Waals surface area contributed by atoms with Crippen molar-refractivity contribution in [1.29, 1.82) is 0 Å². The third-order valence-electron chi connectivity index (χ3n) is 3.34. The van der Waals surface area contributed by atoms with E-state index in [-0.39, 0.29) is 5.75 Å². The summed E-state index contributed by atoms with van der Waals surface area (Å²) < 4.78 is 25.8. The summed E-state index contributed by atoms with van der Waals surface area (Å²) >= 11 is 0. The summed E-state index contributed by atoms with van der Waals surface area (Å²) in [6.45, 7) is 1.88. The molecule has 5 nitrogen and oxygen atoms in total. The maximum Gasteiger partial charge on any atom is 0.214 e. The molecule has 1 atom stereocenters. The minimum atomic E-state index is -3.07. The molecule has 0 aromatic carbocycles. The van der Waals surface area contributed by atoms with Crippen molar-refractivity contribution in [2.24, 2.45) is 5.73 Å². The first-order chi connectivity index (χ1) is 7.97. The molecule has 6 heteroatoms. The van der Waals surface area contributed by atoms with Gasteiger partial charge in [0.2, 0.25) is 10.0 Å². The maximum absolute atomic E-state index is 12.1. The summed E-state index contributed by atoms with van der Waals surface area (Å²) in [5.41, 5.74) is 5.38. The van der Waals surface area contributed by atoms with Crippen LogP contribution in [0.5, 0.6) is 0 Å². The number of unbranched alkanes of at least 4 members (excludes halogenated alkanes) is 1. The van der Waals surface area contributed by atoms with E-state index in [2.05, 4.69) is 4.90 Å². The molecule has 1 aliphatic heterocycles. The number of hydrogen-bond donors (Lipinski definition) is 1. The van der Waals surface area contributed by atoms with Crippen molar-refractivity contribution in [3.05, 3.63) is 0 Å². The van der Waals surface area contributed by atoms with Gasteiger partial charge in [-0.3, -0.25) is 0 Å². The molecule has 0 spiro atoms. The van der Waals surface area contributed by atoms with Crippen LogP contribution in [0.25, 0.3) is 0 Å². The molecule has 0 aliphatic carbocycles. The van der Waals surface area contributed by atoms with Crippen molar-refractivity contribution < 1.29 is 8.42 Å². The minimum absolute atomic E-state index is 0.240. The first-order valence-electron chi connectivity index (χ1n) is 6.31. The normalized spacial score (nSPS) is 23.2. The average Bonchev–Trinajstić information content (AvgIpc) is 2.29. The molecule has 0 aromatic heterocycles. The smallest absolute Gasteiger partial charge is 0.214 e. The van der Waals surface area contributed by atoms with Crippen LogP contribution >= 0.6 is 0 Å². The van der Waals surface area contributed by atoms with E-state index in [1.165, 1.54) is 0 Å². The molecular weight excluding hydrogens is 238 g/mol. The fraction of sp³-hybridized carbons (Fsp3) is 1.00. The SMILES string of the molecule is CN(C)C1CCCN(S(=O)(=O)CCCCN)C1. The minimum Gasteiger partial charge on any atom is -0.330 e. The van der Waals surface area contributed by atoms with E-state index in [9.17, 15) is 8.42 Å². The number of rotatable bonds is 6. The first kappa shape index (κ1) is 14.9. The Morgan fingerprint density at radius 1 is 1.35 bits per heavy atom. The van der Waals surface area contributed by atoms with Gasteiger partial charge < -0.3 is 10.6 Å². The molecule has 1 aliphatic rings. The van der Waals surface area contributed by atoms with Crippen LogP contribution in [0.3, 0.4) is 0 Å². The van der Waals surface area contributed by atoms with Crippen molar-refractivity contribution in [2.75, 3.05) is 39.5 Å². The number of hydrogen-bond acceptors (Lipinski definition) is 4. The Balaban J connectivity index is 2.52. The molecule has 1 rings (SSSR count). The van der Waals surface area contributed by atoms with Gasteiger partial charge in [-0.25, -0.2) is 12.7 Å². The number of likely N-dealkylation sites (N-methyl/N-ethyl adjacent to an activating group) is 1. The lowest BCUT2D eigenvalue weighted by atomic mass is 10.1. The van der Waals surface area contributed by atoms with Gasteiger partial charge in [-0.2, -0.15) is 0 Å². The fourth-order valence-electron chi connectivity index (χ4n) is 2.15. The topological polar surface area (TPSA) is 66.6 Å². The van der Waals surface area contributed by atoms with Crippen LogP contribution in [-0.4, -0.2) is 63.1 Å². The largest absolute Gasteiger partial charge is 0.330 e. The summed E-state index contributed by atoms with van der Waals surface area (Å²) in [6.07, 6.45) is 3.49. The quantitative estimate of drug-likeness (QED) is 0.689. The highest BCUT2D eigenvalue weighted by atomic mass is 32.2. The van der Waals surface area contributed by atoms with Gasteiger partial charge in [0.1, 0.15) is 0 Å². The summed E-state index contributed by atoms with van der Waals surface area (Å²) in [5, 5.41) is 0. The zero-order valence-electron chi connectivity index (χ0n) is 10.9. The molecular formula is C11H25N3O2S. The maximum atomic E-state index is 12.1. The van der Waals surface area contributed by atoms with Crippen LogP contribution in [0.15, 0.2) is 0 Å². The Labute approximate surface area is 105 Å². The second kappa shape index (κ2) is 6.68. The highest BCUT2D eigenvalue weighted by Crippen LogP contribution is 2.17. The predicted octanol–water partition coefficient (Wildman–Crippen LogP) is 0.0811. The van der Waals surface area contributed by atoms with Crippen molar-refractivity contribution >= 4 is 10.0 Å². The van der Waals surface area contributed by atoms with Gasteiger partial charge in [-0.1, -0.05) is 0 Å². The van der Waals surface area contributed by atoms with E-state index >= 15 is 0 Å². The van der Waals surface area contributed by atoms with Gasteiger partial charge in [-0.05, 0) is 46.3 Å². The Morgan fingerprint density at radius 3 is 2.65 bits per heavy atom. The molecule has 17 heavy (non-hydrogen) atoms. The second-order valence-electron chi connectivity index (χ2n) is 4.93. The van der Waals surface area contributed by atoms with Gasteiger partial charge >= 0.3 is 0 Å².